The van der Waals surface area contributed by atoms with Crippen LogP contribution in [-0.4, -0.2) is 26.2 Å². The highest BCUT2D eigenvalue weighted by molar-refractivity contribution is 5.78. The third-order valence-electron chi connectivity index (χ3n) is 3.09. The molecule has 0 saturated carbocycles. The molecule has 0 fully saturated rings. The predicted molar refractivity (Wildman–Crippen MR) is 77.8 cm³/mol. The molecule has 0 aromatic heterocycles. The molecule has 0 bridgehead atoms. The van der Waals surface area contributed by atoms with E-state index in [1.54, 1.807) is 7.11 Å². The number of carbonyl (C=O) groups excluding carboxylic acids is 1. The fourth-order valence-corrected chi connectivity index (χ4v) is 1.69. The van der Waals surface area contributed by atoms with Crippen LogP contribution in [0.25, 0.3) is 0 Å². The van der Waals surface area contributed by atoms with Crippen molar-refractivity contribution in [2.24, 2.45) is 5.41 Å². The van der Waals surface area contributed by atoms with Crippen molar-refractivity contribution in [2.45, 2.75) is 26.7 Å². The molecule has 0 unspecified atom stereocenters. The summed E-state index contributed by atoms with van der Waals surface area (Å²) in [5.74, 6) is 0.0373. The molecule has 4 nitrogen and oxygen atoms in total. The molecule has 0 aliphatic heterocycles. The van der Waals surface area contributed by atoms with Gasteiger partial charge in [-0.1, -0.05) is 26.0 Å². The summed E-state index contributed by atoms with van der Waals surface area (Å²) in [5, 5.41) is 2.97. The number of carbonyl (C=O) groups is 1. The number of hydrogen-bond acceptors (Lipinski definition) is 3. The minimum Gasteiger partial charge on any atom is -0.399 e. The molecule has 1 amide bonds. The van der Waals surface area contributed by atoms with Crippen LogP contribution < -0.4 is 11.1 Å². The molecule has 1 aromatic carbocycles. The standard InChI is InChI=1S/C15H24N2O2/c1-15(2,8-9-19-3)11-17-14(18)10-12-4-6-13(16)7-5-12/h4-7H,8-11,16H2,1-3H3,(H,17,18). The average Bonchev–Trinajstić information content (AvgIpc) is 2.37. The summed E-state index contributed by atoms with van der Waals surface area (Å²) >= 11 is 0. The Bertz CT molecular complexity index is 399. The largest absolute Gasteiger partial charge is 0.399 e. The summed E-state index contributed by atoms with van der Waals surface area (Å²) in [6.07, 6.45) is 1.31. The van der Waals surface area contributed by atoms with Gasteiger partial charge in [0.1, 0.15) is 0 Å². The Labute approximate surface area is 115 Å². The van der Waals surface area contributed by atoms with Gasteiger partial charge < -0.3 is 15.8 Å². The number of methoxy groups -OCH3 is 1. The van der Waals surface area contributed by atoms with Crippen molar-refractivity contribution < 1.29 is 9.53 Å². The molecular formula is C15H24N2O2. The van der Waals surface area contributed by atoms with E-state index in [-0.39, 0.29) is 11.3 Å². The van der Waals surface area contributed by atoms with Gasteiger partial charge in [0.25, 0.3) is 0 Å². The Morgan fingerprint density at radius 2 is 1.95 bits per heavy atom. The Hall–Kier alpha value is -1.55. The topological polar surface area (TPSA) is 64.3 Å². The zero-order valence-corrected chi connectivity index (χ0v) is 12.0. The highest BCUT2D eigenvalue weighted by Crippen LogP contribution is 2.18. The molecule has 0 atom stereocenters. The van der Waals surface area contributed by atoms with Crippen LogP contribution in [0.4, 0.5) is 5.69 Å². The van der Waals surface area contributed by atoms with Gasteiger partial charge in [0, 0.05) is 25.9 Å². The summed E-state index contributed by atoms with van der Waals surface area (Å²) in [4.78, 5) is 11.8. The van der Waals surface area contributed by atoms with Crippen molar-refractivity contribution >= 4 is 11.6 Å². The van der Waals surface area contributed by atoms with Gasteiger partial charge in [-0.15, -0.1) is 0 Å². The molecular weight excluding hydrogens is 240 g/mol. The fourth-order valence-electron chi connectivity index (χ4n) is 1.69. The van der Waals surface area contributed by atoms with Crippen molar-refractivity contribution in [1.29, 1.82) is 0 Å². The van der Waals surface area contributed by atoms with Gasteiger partial charge in [-0.2, -0.15) is 0 Å². The summed E-state index contributed by atoms with van der Waals surface area (Å²) in [7, 11) is 1.69. The number of nitrogen functional groups attached to an aromatic ring is 1. The lowest BCUT2D eigenvalue weighted by Crippen LogP contribution is -2.35. The summed E-state index contributed by atoms with van der Waals surface area (Å²) in [5.41, 5.74) is 7.34. The zero-order valence-electron chi connectivity index (χ0n) is 12.0. The molecule has 1 rings (SSSR count). The maximum atomic E-state index is 11.8. The van der Waals surface area contributed by atoms with Gasteiger partial charge in [0.2, 0.25) is 5.91 Å². The van der Waals surface area contributed by atoms with E-state index in [0.29, 0.717) is 25.3 Å². The molecule has 0 spiro atoms. The molecule has 0 saturated heterocycles. The van der Waals surface area contributed by atoms with Crippen LogP contribution in [0.15, 0.2) is 24.3 Å². The van der Waals surface area contributed by atoms with Crippen LogP contribution in [0.2, 0.25) is 0 Å². The number of nitrogens with one attached hydrogen (secondary N) is 1. The van der Waals surface area contributed by atoms with Crippen molar-refractivity contribution in [3.8, 4) is 0 Å². The van der Waals surface area contributed by atoms with Gasteiger partial charge in [0.05, 0.1) is 6.42 Å². The van der Waals surface area contributed by atoms with Crippen molar-refractivity contribution in [3.63, 3.8) is 0 Å². The van der Waals surface area contributed by atoms with Crippen LogP contribution in [0, 0.1) is 5.41 Å². The van der Waals surface area contributed by atoms with E-state index in [0.717, 1.165) is 12.0 Å². The number of amides is 1. The molecule has 0 heterocycles. The summed E-state index contributed by atoms with van der Waals surface area (Å²) < 4.78 is 5.07. The first kappa shape index (κ1) is 15.5. The van der Waals surface area contributed by atoms with Crippen LogP contribution in [0.3, 0.4) is 0 Å². The number of nitrogens with two attached hydrogens (primary N) is 1. The highest BCUT2D eigenvalue weighted by Gasteiger charge is 2.18. The van der Waals surface area contributed by atoms with Crippen LogP contribution in [-0.2, 0) is 16.0 Å². The van der Waals surface area contributed by atoms with E-state index in [2.05, 4.69) is 19.2 Å². The van der Waals surface area contributed by atoms with E-state index in [1.165, 1.54) is 0 Å². The maximum Gasteiger partial charge on any atom is 0.224 e. The maximum absolute atomic E-state index is 11.8. The average molecular weight is 264 g/mol. The Balaban J connectivity index is 2.37. The molecule has 1 aromatic rings. The zero-order chi connectivity index (χ0) is 14.3. The summed E-state index contributed by atoms with van der Waals surface area (Å²) in [6, 6.07) is 7.38. The smallest absolute Gasteiger partial charge is 0.224 e. The van der Waals surface area contributed by atoms with Crippen LogP contribution >= 0.6 is 0 Å². The van der Waals surface area contributed by atoms with Crippen LogP contribution in [0.1, 0.15) is 25.8 Å². The third-order valence-corrected chi connectivity index (χ3v) is 3.09. The number of rotatable bonds is 7. The van der Waals surface area contributed by atoms with Gasteiger partial charge in [-0.05, 0) is 29.5 Å². The normalized spacial score (nSPS) is 11.3. The van der Waals surface area contributed by atoms with E-state index < -0.39 is 0 Å². The Morgan fingerprint density at radius 1 is 1.32 bits per heavy atom. The quantitative estimate of drug-likeness (QED) is 0.740. The highest BCUT2D eigenvalue weighted by atomic mass is 16.5. The lowest BCUT2D eigenvalue weighted by atomic mass is 9.89. The fraction of sp³-hybridized carbons (Fsp3) is 0.533. The Morgan fingerprint density at radius 3 is 2.53 bits per heavy atom. The second-order valence-corrected chi connectivity index (χ2v) is 5.60. The summed E-state index contributed by atoms with van der Waals surface area (Å²) in [6.45, 7) is 5.61. The van der Waals surface area contributed by atoms with E-state index in [4.69, 9.17) is 10.5 Å². The van der Waals surface area contributed by atoms with E-state index in [9.17, 15) is 4.79 Å². The molecule has 106 valence electrons. The number of anilines is 1. The first-order valence-electron chi connectivity index (χ1n) is 6.53. The van der Waals surface area contributed by atoms with Crippen LogP contribution in [0.5, 0.6) is 0 Å². The minimum absolute atomic E-state index is 0.0373. The van der Waals surface area contributed by atoms with Gasteiger partial charge in [-0.3, -0.25) is 4.79 Å². The third kappa shape index (κ3) is 6.25. The lowest BCUT2D eigenvalue weighted by molar-refractivity contribution is -0.120. The Kier molecular flexibility index (Phi) is 5.83. The number of ether oxygens (including phenoxy) is 1. The van der Waals surface area contributed by atoms with Gasteiger partial charge in [0.15, 0.2) is 0 Å². The number of hydrogen-bond donors (Lipinski definition) is 2. The molecule has 0 aliphatic carbocycles. The molecule has 3 N–H and O–H groups in total. The van der Waals surface area contributed by atoms with Crippen molar-refractivity contribution in [1.82, 2.24) is 5.32 Å². The van der Waals surface area contributed by atoms with E-state index in [1.807, 2.05) is 24.3 Å². The predicted octanol–water partition coefficient (Wildman–Crippen LogP) is 1.99. The lowest BCUT2D eigenvalue weighted by Gasteiger charge is -2.24. The van der Waals surface area contributed by atoms with E-state index >= 15 is 0 Å². The molecule has 0 aliphatic rings. The monoisotopic (exact) mass is 264 g/mol. The SMILES string of the molecule is COCCC(C)(C)CNC(=O)Cc1ccc(N)cc1. The number of benzene rings is 1. The van der Waals surface area contributed by atoms with Crippen molar-refractivity contribution in [2.75, 3.05) is 26.0 Å². The first-order valence-corrected chi connectivity index (χ1v) is 6.53. The molecule has 0 radical (unpaired) electrons. The molecule has 4 heteroatoms. The second-order valence-electron chi connectivity index (χ2n) is 5.60. The van der Waals surface area contributed by atoms with Crippen molar-refractivity contribution in [3.05, 3.63) is 29.8 Å². The second kappa shape index (κ2) is 7.14. The van der Waals surface area contributed by atoms with Gasteiger partial charge >= 0.3 is 0 Å². The molecule has 19 heavy (non-hydrogen) atoms. The minimum atomic E-state index is 0.0373. The van der Waals surface area contributed by atoms with Gasteiger partial charge in [-0.25, -0.2) is 0 Å². The first-order chi connectivity index (χ1) is 8.93.